The van der Waals surface area contributed by atoms with E-state index in [9.17, 15) is 0 Å². The maximum atomic E-state index is 3.77. The maximum absolute atomic E-state index is 3.77. The largest absolute Gasteiger partial charge is 0.310 e. The zero-order valence-electron chi connectivity index (χ0n) is 12.6. The lowest BCUT2D eigenvalue weighted by Gasteiger charge is -2.32. The van der Waals surface area contributed by atoms with Crippen molar-refractivity contribution in [1.29, 1.82) is 0 Å². The van der Waals surface area contributed by atoms with Crippen molar-refractivity contribution in [3.8, 4) is 0 Å². The highest BCUT2D eigenvalue weighted by Crippen LogP contribution is 2.52. The molecule has 2 fully saturated rings. The zero-order valence-corrected chi connectivity index (χ0v) is 12.6. The van der Waals surface area contributed by atoms with E-state index in [0.717, 1.165) is 24.3 Å². The number of nitrogens with one attached hydrogen (secondary N) is 1. The van der Waals surface area contributed by atoms with Gasteiger partial charge in [-0.15, -0.1) is 0 Å². The summed E-state index contributed by atoms with van der Waals surface area (Å²) in [6, 6.07) is 7.64. The fraction of sp³-hybridized carbons (Fsp3) is 0.667. The Kier molecular flexibility index (Phi) is 3.66. The molecule has 1 heteroatoms. The van der Waals surface area contributed by atoms with Crippen molar-refractivity contribution in [1.82, 2.24) is 5.32 Å². The molecule has 2 saturated carbocycles. The van der Waals surface area contributed by atoms with Crippen LogP contribution in [-0.4, -0.2) is 6.54 Å². The first-order valence-electron chi connectivity index (χ1n) is 7.99. The molecule has 0 radical (unpaired) electrons. The van der Waals surface area contributed by atoms with Gasteiger partial charge >= 0.3 is 0 Å². The molecule has 0 amide bonds. The van der Waals surface area contributed by atoms with Gasteiger partial charge in [0.2, 0.25) is 0 Å². The quantitative estimate of drug-likeness (QED) is 0.843. The van der Waals surface area contributed by atoms with Crippen LogP contribution in [-0.2, 0) is 0 Å². The molecule has 2 bridgehead atoms. The van der Waals surface area contributed by atoms with Crippen LogP contribution in [0.25, 0.3) is 0 Å². The van der Waals surface area contributed by atoms with Gasteiger partial charge in [0.1, 0.15) is 0 Å². The lowest BCUT2D eigenvalue weighted by atomic mass is 9.80. The van der Waals surface area contributed by atoms with Crippen LogP contribution in [0.4, 0.5) is 0 Å². The SMILES string of the molecule is CCNC(c1ccc(C)c(C)c1)C1CC2CCC1C2. The number of hydrogen-bond acceptors (Lipinski definition) is 1. The Labute approximate surface area is 117 Å². The van der Waals surface area contributed by atoms with Crippen molar-refractivity contribution in [3.05, 3.63) is 34.9 Å². The predicted molar refractivity (Wildman–Crippen MR) is 81.3 cm³/mol. The summed E-state index contributed by atoms with van der Waals surface area (Å²) < 4.78 is 0. The van der Waals surface area contributed by atoms with Crippen molar-refractivity contribution < 1.29 is 0 Å². The molecule has 0 heterocycles. The number of hydrogen-bond donors (Lipinski definition) is 1. The van der Waals surface area contributed by atoms with Crippen LogP contribution in [0.15, 0.2) is 18.2 Å². The summed E-state index contributed by atoms with van der Waals surface area (Å²) in [7, 11) is 0. The first-order chi connectivity index (χ1) is 9.19. The van der Waals surface area contributed by atoms with Gasteiger partial charge in [-0.25, -0.2) is 0 Å². The van der Waals surface area contributed by atoms with E-state index < -0.39 is 0 Å². The van der Waals surface area contributed by atoms with E-state index in [1.807, 2.05) is 0 Å². The Balaban J connectivity index is 1.85. The number of aryl methyl sites for hydroxylation is 2. The van der Waals surface area contributed by atoms with Gasteiger partial charge in [0, 0.05) is 6.04 Å². The molecule has 1 aromatic rings. The van der Waals surface area contributed by atoms with Crippen LogP contribution in [0.2, 0.25) is 0 Å². The molecule has 2 aliphatic rings. The molecule has 104 valence electrons. The van der Waals surface area contributed by atoms with Crippen LogP contribution in [0.1, 0.15) is 55.3 Å². The van der Waals surface area contributed by atoms with Crippen molar-refractivity contribution in [2.24, 2.45) is 17.8 Å². The normalized spacial score (nSPS) is 30.8. The van der Waals surface area contributed by atoms with Crippen LogP contribution in [0, 0.1) is 31.6 Å². The van der Waals surface area contributed by atoms with E-state index in [0.29, 0.717) is 6.04 Å². The Bertz CT molecular complexity index is 451. The Morgan fingerprint density at radius 2 is 2.00 bits per heavy atom. The topological polar surface area (TPSA) is 12.0 Å². The molecule has 1 N–H and O–H groups in total. The van der Waals surface area contributed by atoms with E-state index in [1.165, 1.54) is 42.4 Å². The van der Waals surface area contributed by atoms with Crippen molar-refractivity contribution in [3.63, 3.8) is 0 Å². The highest BCUT2D eigenvalue weighted by atomic mass is 14.9. The summed E-state index contributed by atoms with van der Waals surface area (Å²) in [4.78, 5) is 0. The summed E-state index contributed by atoms with van der Waals surface area (Å²) in [6.45, 7) is 7.76. The van der Waals surface area contributed by atoms with Crippen LogP contribution >= 0.6 is 0 Å². The van der Waals surface area contributed by atoms with Gasteiger partial charge in [-0.05, 0) is 74.1 Å². The monoisotopic (exact) mass is 257 g/mol. The lowest BCUT2D eigenvalue weighted by molar-refractivity contribution is 0.253. The summed E-state index contributed by atoms with van der Waals surface area (Å²) in [5.74, 6) is 2.89. The molecule has 1 nitrogen and oxygen atoms in total. The molecule has 0 aliphatic heterocycles. The van der Waals surface area contributed by atoms with Gasteiger partial charge < -0.3 is 5.32 Å². The van der Waals surface area contributed by atoms with Crippen molar-refractivity contribution >= 4 is 0 Å². The number of fused-ring (bicyclic) bond motifs is 2. The lowest BCUT2D eigenvalue weighted by Crippen LogP contribution is -2.31. The van der Waals surface area contributed by atoms with Gasteiger partial charge in [0.15, 0.2) is 0 Å². The summed E-state index contributed by atoms with van der Waals surface area (Å²) in [6.07, 6.45) is 5.92. The molecule has 1 aromatic carbocycles. The highest BCUT2D eigenvalue weighted by Gasteiger charge is 2.43. The molecular weight excluding hydrogens is 230 g/mol. The molecule has 2 aliphatic carbocycles. The Hall–Kier alpha value is -0.820. The van der Waals surface area contributed by atoms with Gasteiger partial charge in [-0.2, -0.15) is 0 Å². The van der Waals surface area contributed by atoms with Crippen LogP contribution < -0.4 is 5.32 Å². The summed E-state index contributed by atoms with van der Waals surface area (Å²) in [5, 5.41) is 3.77. The fourth-order valence-corrected chi connectivity index (χ4v) is 4.40. The number of benzene rings is 1. The Morgan fingerprint density at radius 1 is 1.16 bits per heavy atom. The second-order valence-corrected chi connectivity index (χ2v) is 6.72. The standard InChI is InChI=1S/C18H27N/c1-4-19-18(16-7-5-12(2)13(3)9-16)17-11-14-6-8-15(17)10-14/h5,7,9,14-15,17-19H,4,6,8,10-11H2,1-3H3. The van der Waals surface area contributed by atoms with Crippen LogP contribution in [0.5, 0.6) is 0 Å². The Morgan fingerprint density at radius 3 is 2.58 bits per heavy atom. The second kappa shape index (κ2) is 5.28. The molecular formula is C18H27N. The fourth-order valence-electron chi connectivity index (χ4n) is 4.40. The maximum Gasteiger partial charge on any atom is 0.0351 e. The van der Waals surface area contributed by atoms with E-state index >= 15 is 0 Å². The molecule has 3 rings (SSSR count). The smallest absolute Gasteiger partial charge is 0.0351 e. The average molecular weight is 257 g/mol. The van der Waals surface area contributed by atoms with Crippen molar-refractivity contribution in [2.75, 3.05) is 6.54 Å². The number of rotatable bonds is 4. The van der Waals surface area contributed by atoms with Gasteiger partial charge in [-0.1, -0.05) is 31.5 Å². The minimum absolute atomic E-state index is 0.583. The summed E-state index contributed by atoms with van der Waals surface area (Å²) >= 11 is 0. The third kappa shape index (κ3) is 2.45. The summed E-state index contributed by atoms with van der Waals surface area (Å²) in [5.41, 5.74) is 4.36. The van der Waals surface area contributed by atoms with E-state index in [4.69, 9.17) is 0 Å². The zero-order chi connectivity index (χ0) is 13.4. The van der Waals surface area contributed by atoms with Gasteiger partial charge in [0.05, 0.1) is 0 Å². The van der Waals surface area contributed by atoms with E-state index in [-0.39, 0.29) is 0 Å². The van der Waals surface area contributed by atoms with E-state index in [1.54, 1.807) is 0 Å². The third-order valence-corrected chi connectivity index (χ3v) is 5.54. The minimum atomic E-state index is 0.583. The first-order valence-corrected chi connectivity index (χ1v) is 7.99. The average Bonchev–Trinajstić information content (AvgIpc) is 3.02. The van der Waals surface area contributed by atoms with Gasteiger partial charge in [-0.3, -0.25) is 0 Å². The van der Waals surface area contributed by atoms with Crippen molar-refractivity contribution in [2.45, 2.75) is 52.5 Å². The van der Waals surface area contributed by atoms with Gasteiger partial charge in [0.25, 0.3) is 0 Å². The van der Waals surface area contributed by atoms with E-state index in [2.05, 4.69) is 44.3 Å². The molecule has 0 aromatic heterocycles. The molecule has 0 saturated heterocycles. The molecule has 19 heavy (non-hydrogen) atoms. The molecule has 4 unspecified atom stereocenters. The van der Waals surface area contributed by atoms with Crippen LogP contribution in [0.3, 0.4) is 0 Å². The highest BCUT2D eigenvalue weighted by molar-refractivity contribution is 5.32. The molecule has 0 spiro atoms. The molecule has 4 atom stereocenters. The minimum Gasteiger partial charge on any atom is -0.310 e. The third-order valence-electron chi connectivity index (χ3n) is 5.54. The second-order valence-electron chi connectivity index (χ2n) is 6.72. The predicted octanol–water partition coefficient (Wildman–Crippen LogP) is 4.39. The first kappa shape index (κ1) is 13.2.